The summed E-state index contributed by atoms with van der Waals surface area (Å²) in [5.41, 5.74) is 1.91. The Bertz CT molecular complexity index is 1520. The smallest absolute Gasteiger partial charge is 0.377 e. The van der Waals surface area contributed by atoms with E-state index < -0.39 is 30.6 Å². The lowest BCUT2D eigenvalue weighted by molar-refractivity contribution is -0.140. The van der Waals surface area contributed by atoms with Crippen LogP contribution in [0.1, 0.15) is 48.2 Å². The minimum absolute atomic E-state index is 0.0509. The van der Waals surface area contributed by atoms with Crippen molar-refractivity contribution in [3.63, 3.8) is 0 Å². The highest BCUT2D eigenvalue weighted by molar-refractivity contribution is 5.95. The van der Waals surface area contributed by atoms with Crippen LogP contribution < -0.4 is 10.2 Å². The molecule has 0 bridgehead atoms. The van der Waals surface area contributed by atoms with Gasteiger partial charge < -0.3 is 10.2 Å². The van der Waals surface area contributed by atoms with Crippen molar-refractivity contribution in [3.05, 3.63) is 65.0 Å². The summed E-state index contributed by atoms with van der Waals surface area (Å²) in [6.45, 7) is 3.58. The van der Waals surface area contributed by atoms with E-state index in [4.69, 9.17) is 4.98 Å². The van der Waals surface area contributed by atoms with Crippen molar-refractivity contribution in [2.24, 2.45) is 0 Å². The third-order valence-corrected chi connectivity index (χ3v) is 6.61. The topological polar surface area (TPSA) is 69.2 Å². The molecule has 1 saturated heterocycles. The molecule has 2 aromatic heterocycles. The number of piperidine rings is 1. The average molecular weight is 515 g/mol. The highest BCUT2D eigenvalue weighted by atomic mass is 19.4. The molecule has 1 atom stereocenters. The van der Waals surface area contributed by atoms with Gasteiger partial charge in [-0.25, -0.2) is 18.7 Å². The van der Waals surface area contributed by atoms with Gasteiger partial charge in [0.15, 0.2) is 5.69 Å². The first kappa shape index (κ1) is 24.7. The summed E-state index contributed by atoms with van der Waals surface area (Å²) >= 11 is 0. The Labute approximate surface area is 209 Å². The first-order chi connectivity index (χ1) is 17.5. The molecule has 0 aliphatic carbocycles. The van der Waals surface area contributed by atoms with Crippen molar-refractivity contribution < 1.29 is 22.0 Å². The molecule has 4 aromatic rings. The third-order valence-electron chi connectivity index (χ3n) is 6.61. The molecule has 1 aliphatic heterocycles. The number of aryl methyl sites for hydroxylation is 1. The Morgan fingerprint density at radius 1 is 1.11 bits per heavy atom. The van der Waals surface area contributed by atoms with Crippen molar-refractivity contribution in [1.82, 2.24) is 14.4 Å². The zero-order valence-electron chi connectivity index (χ0n) is 20.1. The maximum Gasteiger partial charge on any atom is 0.434 e. The summed E-state index contributed by atoms with van der Waals surface area (Å²) in [5, 5.41) is 13.2. The number of nitrogens with zero attached hydrogens (tertiary/aromatic N) is 5. The third kappa shape index (κ3) is 4.63. The molecule has 37 heavy (non-hydrogen) atoms. The molecular formula is C26H23F5N6. The largest absolute Gasteiger partial charge is 0.434 e. The zero-order valence-corrected chi connectivity index (χ0v) is 20.1. The van der Waals surface area contributed by atoms with E-state index in [-0.39, 0.29) is 30.7 Å². The molecule has 1 N–H and O–H groups in total. The Morgan fingerprint density at radius 2 is 1.81 bits per heavy atom. The van der Waals surface area contributed by atoms with Gasteiger partial charge in [-0.05, 0) is 37.6 Å². The van der Waals surface area contributed by atoms with Crippen molar-refractivity contribution in [2.45, 2.75) is 44.8 Å². The van der Waals surface area contributed by atoms with Crippen LogP contribution in [0.15, 0.2) is 42.6 Å². The molecule has 0 saturated carbocycles. The predicted octanol–water partition coefficient (Wildman–Crippen LogP) is 6.49. The van der Waals surface area contributed by atoms with Crippen LogP contribution in [-0.2, 0) is 6.18 Å². The Balaban J connectivity index is 1.70. The first-order valence-electron chi connectivity index (χ1n) is 11.8. The van der Waals surface area contributed by atoms with E-state index in [1.165, 1.54) is 4.40 Å². The molecular weight excluding hydrogens is 491 g/mol. The minimum Gasteiger partial charge on any atom is -0.377 e. The maximum absolute atomic E-state index is 13.9. The SMILES string of the molecule is Cc1cc([C@@H](C)Nc2ccccc2C#N)c2nc(N3CCC(F)(F)CC3)n3cc(C(F)(F)F)nc3c2c1. The van der Waals surface area contributed by atoms with E-state index in [0.717, 1.165) is 11.8 Å². The van der Waals surface area contributed by atoms with E-state index in [0.29, 0.717) is 27.7 Å². The van der Waals surface area contributed by atoms with E-state index in [2.05, 4.69) is 16.4 Å². The summed E-state index contributed by atoms with van der Waals surface area (Å²) in [6, 6.07) is 12.3. The lowest BCUT2D eigenvalue weighted by Gasteiger charge is -2.33. The number of imidazole rings is 1. The van der Waals surface area contributed by atoms with E-state index in [9.17, 15) is 27.2 Å². The Morgan fingerprint density at radius 3 is 2.49 bits per heavy atom. The maximum atomic E-state index is 13.9. The van der Waals surface area contributed by atoms with Gasteiger partial charge in [0.05, 0.1) is 22.8 Å². The Hall–Kier alpha value is -3.94. The summed E-state index contributed by atoms with van der Waals surface area (Å²) in [5.74, 6) is -2.69. The fraction of sp³-hybridized carbons (Fsp3) is 0.346. The van der Waals surface area contributed by atoms with Crippen molar-refractivity contribution in [2.75, 3.05) is 23.3 Å². The van der Waals surface area contributed by atoms with Crippen LogP contribution in [0.2, 0.25) is 0 Å². The standard InChI is InChI=1S/C26H23F5N6/c1-15-11-18(16(2)33-20-6-4-3-5-17(20)13-32)22-19(12-15)23-34-21(26(29,30)31)14-37(23)24(35-22)36-9-7-25(27,28)8-10-36/h3-6,11-12,14,16,33H,7-10H2,1-2H3/t16-/m1/s1. The average Bonchev–Trinajstić information content (AvgIpc) is 3.30. The number of halogens is 5. The van der Waals surface area contributed by atoms with E-state index in [1.807, 2.05) is 19.9 Å². The van der Waals surface area contributed by atoms with Gasteiger partial charge in [0.25, 0.3) is 5.92 Å². The number of fused-ring (bicyclic) bond motifs is 3. The Kier molecular flexibility index (Phi) is 5.93. The number of benzene rings is 2. The number of para-hydroxylation sites is 1. The van der Waals surface area contributed by atoms with Crippen LogP contribution in [0.4, 0.5) is 33.6 Å². The summed E-state index contributed by atoms with van der Waals surface area (Å²) in [6.07, 6.45) is -4.65. The number of alkyl halides is 5. The van der Waals surface area contributed by atoms with Crippen LogP contribution in [0.5, 0.6) is 0 Å². The van der Waals surface area contributed by atoms with Crippen LogP contribution in [0, 0.1) is 18.3 Å². The second-order valence-corrected chi connectivity index (χ2v) is 9.35. The molecule has 11 heteroatoms. The monoisotopic (exact) mass is 514 g/mol. The fourth-order valence-corrected chi connectivity index (χ4v) is 4.72. The molecule has 192 valence electrons. The number of hydrogen-bond acceptors (Lipinski definition) is 5. The van der Waals surface area contributed by atoms with Gasteiger partial charge in [0.2, 0.25) is 5.95 Å². The zero-order chi connectivity index (χ0) is 26.5. The number of nitriles is 1. The summed E-state index contributed by atoms with van der Waals surface area (Å²) in [7, 11) is 0. The van der Waals surface area contributed by atoms with Gasteiger partial charge in [0, 0.05) is 43.1 Å². The number of aromatic nitrogens is 3. The van der Waals surface area contributed by atoms with Gasteiger partial charge >= 0.3 is 6.18 Å². The molecule has 1 fully saturated rings. The van der Waals surface area contributed by atoms with Crippen molar-refractivity contribution in [3.8, 4) is 6.07 Å². The van der Waals surface area contributed by atoms with Gasteiger partial charge in [-0.3, -0.25) is 4.40 Å². The molecule has 1 aliphatic rings. The lowest BCUT2D eigenvalue weighted by atomic mass is 10.0. The number of anilines is 2. The molecule has 6 nitrogen and oxygen atoms in total. The normalized spacial score (nSPS) is 16.6. The van der Waals surface area contributed by atoms with Crippen LogP contribution in [-0.4, -0.2) is 33.4 Å². The molecule has 5 rings (SSSR count). The summed E-state index contributed by atoms with van der Waals surface area (Å²) in [4.78, 5) is 10.2. The number of nitrogens with one attached hydrogen (secondary N) is 1. The molecule has 0 radical (unpaired) electrons. The van der Waals surface area contributed by atoms with Crippen LogP contribution >= 0.6 is 0 Å². The lowest BCUT2D eigenvalue weighted by Crippen LogP contribution is -2.40. The quantitative estimate of drug-likeness (QED) is 0.315. The second kappa shape index (κ2) is 8.87. The minimum atomic E-state index is -4.69. The van der Waals surface area contributed by atoms with Gasteiger partial charge in [-0.15, -0.1) is 0 Å². The van der Waals surface area contributed by atoms with Crippen LogP contribution in [0.25, 0.3) is 16.6 Å². The highest BCUT2D eigenvalue weighted by Crippen LogP contribution is 2.37. The van der Waals surface area contributed by atoms with Crippen LogP contribution in [0.3, 0.4) is 0 Å². The van der Waals surface area contributed by atoms with Crippen molar-refractivity contribution in [1.29, 1.82) is 5.26 Å². The predicted molar refractivity (Wildman–Crippen MR) is 130 cm³/mol. The number of rotatable bonds is 4. The highest BCUT2D eigenvalue weighted by Gasteiger charge is 2.37. The second-order valence-electron chi connectivity index (χ2n) is 9.35. The first-order valence-corrected chi connectivity index (χ1v) is 11.8. The van der Waals surface area contributed by atoms with Crippen molar-refractivity contribution >= 4 is 28.2 Å². The number of hydrogen-bond donors (Lipinski definition) is 1. The molecule has 0 amide bonds. The molecule has 2 aromatic carbocycles. The molecule has 3 heterocycles. The van der Waals surface area contributed by atoms with E-state index >= 15 is 0 Å². The summed E-state index contributed by atoms with van der Waals surface area (Å²) < 4.78 is 69.9. The molecule has 0 unspecified atom stereocenters. The van der Waals surface area contributed by atoms with E-state index in [1.54, 1.807) is 35.2 Å². The van der Waals surface area contributed by atoms with Gasteiger partial charge in [-0.2, -0.15) is 18.4 Å². The van der Waals surface area contributed by atoms with Gasteiger partial charge in [-0.1, -0.05) is 18.2 Å². The molecule has 0 spiro atoms. The fourth-order valence-electron chi connectivity index (χ4n) is 4.72. The van der Waals surface area contributed by atoms with Gasteiger partial charge in [0.1, 0.15) is 11.7 Å².